The van der Waals surface area contributed by atoms with Crippen LogP contribution in [0.5, 0.6) is 0 Å². The molecule has 2 aliphatic rings. The predicted molar refractivity (Wildman–Crippen MR) is 170 cm³/mol. The Kier molecular flexibility index (Phi) is 6.02. The van der Waals surface area contributed by atoms with Crippen LogP contribution in [0.4, 0.5) is 0 Å². The molecule has 2 aliphatic heterocycles. The van der Waals surface area contributed by atoms with E-state index in [1.807, 2.05) is 45.9 Å². The van der Waals surface area contributed by atoms with Gasteiger partial charge in [0.1, 0.15) is 5.84 Å². The number of hydrogen-bond acceptors (Lipinski definition) is 7. The van der Waals surface area contributed by atoms with Crippen molar-refractivity contribution >= 4 is 28.3 Å². The quantitative estimate of drug-likeness (QED) is 0.252. The van der Waals surface area contributed by atoms with Gasteiger partial charge in [-0.15, -0.1) is 0 Å². The van der Waals surface area contributed by atoms with E-state index in [0.717, 1.165) is 45.5 Å². The molecule has 9 nitrogen and oxygen atoms in total. The Bertz CT molecular complexity index is 2000. The second kappa shape index (κ2) is 9.69. The summed E-state index contributed by atoms with van der Waals surface area (Å²) in [6, 6.07) is 19.1. The van der Waals surface area contributed by atoms with Crippen molar-refractivity contribution in [3.8, 4) is 11.9 Å². The molecule has 0 saturated heterocycles. The maximum atomic E-state index is 5.11. The first-order valence-corrected chi connectivity index (χ1v) is 14.4. The van der Waals surface area contributed by atoms with Crippen LogP contribution >= 0.6 is 0 Å². The molecule has 0 atom stereocenters. The Hall–Kier alpha value is -5.18. The molecule has 0 fully saturated rings. The second-order valence-electron chi connectivity index (χ2n) is 11.9. The molecule has 0 bridgehead atoms. The normalized spacial score (nSPS) is 16.9. The minimum atomic E-state index is -0.386. The summed E-state index contributed by atoms with van der Waals surface area (Å²) in [5.41, 5.74) is 7.62. The highest BCUT2D eigenvalue weighted by Gasteiger charge is 2.40. The molecule has 43 heavy (non-hydrogen) atoms. The van der Waals surface area contributed by atoms with Crippen LogP contribution in [-0.2, 0) is 0 Å². The highest BCUT2D eigenvalue weighted by molar-refractivity contribution is 6.09. The number of nitrogens with zero attached hydrogens (tertiary/aromatic N) is 9. The lowest BCUT2D eigenvalue weighted by Crippen LogP contribution is -2.28. The van der Waals surface area contributed by atoms with E-state index in [9.17, 15) is 0 Å². The lowest BCUT2D eigenvalue weighted by molar-refractivity contribution is 0.566. The van der Waals surface area contributed by atoms with E-state index < -0.39 is 0 Å². The Labute approximate surface area is 250 Å². The van der Waals surface area contributed by atoms with Crippen LogP contribution in [-0.4, -0.2) is 52.3 Å². The smallest absolute Gasteiger partial charge is 0.256 e. The largest absolute Gasteiger partial charge is 0.335 e. The van der Waals surface area contributed by atoms with Gasteiger partial charge >= 0.3 is 0 Å². The van der Waals surface area contributed by atoms with Gasteiger partial charge in [-0.1, -0.05) is 50.2 Å². The van der Waals surface area contributed by atoms with Crippen LogP contribution in [0.1, 0.15) is 48.0 Å². The van der Waals surface area contributed by atoms with Gasteiger partial charge in [-0.2, -0.15) is 25.1 Å². The Balaban J connectivity index is 1.32. The predicted octanol–water partition coefficient (Wildman–Crippen LogP) is 6.32. The third-order valence-electron chi connectivity index (χ3n) is 8.12. The van der Waals surface area contributed by atoms with E-state index in [2.05, 4.69) is 90.7 Å². The number of hydrogen-bond donors (Lipinski definition) is 0. The number of aromatic nitrogens is 7. The van der Waals surface area contributed by atoms with Crippen molar-refractivity contribution in [3.63, 3.8) is 0 Å². The summed E-state index contributed by atoms with van der Waals surface area (Å²) < 4.78 is 3.49. The summed E-state index contributed by atoms with van der Waals surface area (Å²) in [5.74, 6) is 2.30. The molecule has 7 rings (SSSR count). The molecule has 0 saturated carbocycles. The number of aryl methyl sites for hydroxylation is 4. The van der Waals surface area contributed by atoms with E-state index in [1.165, 1.54) is 16.3 Å². The summed E-state index contributed by atoms with van der Waals surface area (Å²) in [4.78, 5) is 21.7. The first-order chi connectivity index (χ1) is 20.6. The first kappa shape index (κ1) is 26.7. The average Bonchev–Trinajstić information content (AvgIpc) is 3.59. The summed E-state index contributed by atoms with van der Waals surface area (Å²) in [6.45, 7) is 12.3. The van der Waals surface area contributed by atoms with Gasteiger partial charge in [-0.3, -0.25) is 0 Å². The zero-order chi connectivity index (χ0) is 30.0. The molecular weight excluding hydrogens is 534 g/mol. The zero-order valence-electron chi connectivity index (χ0n) is 25.5. The molecule has 0 aliphatic carbocycles. The van der Waals surface area contributed by atoms with Crippen LogP contribution < -0.4 is 0 Å². The molecule has 0 N–H and O–H groups in total. The molecule has 9 heteroatoms. The number of likely N-dealkylation sites (N-methyl/N-ethyl adjacent to an activating group) is 1. The fraction of sp³-hybridized carbons (Fsp3) is 0.235. The number of benzene rings is 2. The van der Waals surface area contributed by atoms with Crippen LogP contribution in [0.2, 0.25) is 0 Å². The van der Waals surface area contributed by atoms with E-state index in [1.54, 1.807) is 9.36 Å². The standard InChI is InChI=1S/C34H33N9/c1-20-14-22(3)42(39-20)32-36-30(37-33(38-32)43-23(4)15-21(2)40-43)18-29-34(5,6)28-17-27(19-41(7)31(28)35-29)26-13-12-24-10-8-9-11-25(24)16-26/h8-19H,1-7H3/b29-18-. The maximum Gasteiger partial charge on any atom is 0.256 e. The minimum Gasteiger partial charge on any atom is -0.335 e. The fourth-order valence-corrected chi connectivity index (χ4v) is 5.86. The minimum absolute atomic E-state index is 0.386. The van der Waals surface area contributed by atoms with Crippen LogP contribution in [0.3, 0.4) is 0 Å². The van der Waals surface area contributed by atoms with Gasteiger partial charge < -0.3 is 4.90 Å². The van der Waals surface area contributed by atoms with Gasteiger partial charge in [0.25, 0.3) is 11.9 Å². The zero-order valence-corrected chi connectivity index (χ0v) is 25.5. The molecule has 5 heterocycles. The summed E-state index contributed by atoms with van der Waals surface area (Å²) in [5, 5.41) is 11.7. The van der Waals surface area contributed by atoms with Crippen molar-refractivity contribution in [2.45, 2.75) is 41.5 Å². The maximum absolute atomic E-state index is 5.11. The first-order valence-electron chi connectivity index (χ1n) is 14.4. The second-order valence-corrected chi connectivity index (χ2v) is 11.9. The highest BCUT2D eigenvalue weighted by atomic mass is 15.4. The van der Waals surface area contributed by atoms with Gasteiger partial charge in [0.15, 0.2) is 5.82 Å². The molecule has 0 radical (unpaired) electrons. The molecular formula is C34H33N9. The third-order valence-corrected chi connectivity index (χ3v) is 8.12. The lowest BCUT2D eigenvalue weighted by atomic mass is 9.80. The number of aliphatic imine (C=N–C) groups is 1. The van der Waals surface area contributed by atoms with E-state index in [-0.39, 0.29) is 5.41 Å². The van der Waals surface area contributed by atoms with Crippen molar-refractivity contribution < 1.29 is 0 Å². The molecule has 5 aromatic rings. The van der Waals surface area contributed by atoms with E-state index in [4.69, 9.17) is 19.9 Å². The van der Waals surface area contributed by atoms with Crippen molar-refractivity contribution in [2.75, 3.05) is 7.05 Å². The molecule has 3 aromatic heterocycles. The monoisotopic (exact) mass is 567 g/mol. The van der Waals surface area contributed by atoms with Crippen molar-refractivity contribution in [1.82, 2.24) is 39.4 Å². The van der Waals surface area contributed by atoms with Gasteiger partial charge in [0.2, 0.25) is 0 Å². The third kappa shape index (κ3) is 4.57. The van der Waals surface area contributed by atoms with Gasteiger partial charge in [-0.25, -0.2) is 14.4 Å². The Morgan fingerprint density at radius 2 is 1.37 bits per heavy atom. The number of allylic oxidation sites excluding steroid dienone is 3. The van der Waals surface area contributed by atoms with Crippen LogP contribution in [0.25, 0.3) is 34.3 Å². The van der Waals surface area contributed by atoms with Crippen molar-refractivity contribution in [2.24, 2.45) is 10.4 Å². The van der Waals surface area contributed by atoms with Crippen LogP contribution in [0, 0.1) is 33.1 Å². The van der Waals surface area contributed by atoms with Crippen molar-refractivity contribution in [1.29, 1.82) is 0 Å². The van der Waals surface area contributed by atoms with Gasteiger partial charge in [0.05, 0.1) is 17.1 Å². The molecule has 0 unspecified atom stereocenters. The summed E-state index contributed by atoms with van der Waals surface area (Å²) >= 11 is 0. The van der Waals surface area contributed by atoms with E-state index in [0.29, 0.717) is 17.7 Å². The van der Waals surface area contributed by atoms with Gasteiger partial charge in [-0.05, 0) is 73.9 Å². The lowest BCUT2D eigenvalue weighted by Gasteiger charge is -2.28. The van der Waals surface area contributed by atoms with E-state index >= 15 is 0 Å². The molecule has 0 spiro atoms. The fourth-order valence-electron chi connectivity index (χ4n) is 5.86. The number of fused-ring (bicyclic) bond motifs is 2. The molecule has 214 valence electrons. The van der Waals surface area contributed by atoms with Crippen LogP contribution in [0.15, 0.2) is 83.1 Å². The summed E-state index contributed by atoms with van der Waals surface area (Å²) in [7, 11) is 2.05. The van der Waals surface area contributed by atoms with Crippen molar-refractivity contribution in [3.05, 3.63) is 112 Å². The number of amidine groups is 1. The van der Waals surface area contributed by atoms with Gasteiger partial charge in [0, 0.05) is 41.7 Å². The topological polar surface area (TPSA) is 89.9 Å². The summed E-state index contributed by atoms with van der Waals surface area (Å²) in [6.07, 6.45) is 6.37. The Morgan fingerprint density at radius 3 is 1.98 bits per heavy atom. The number of rotatable bonds is 4. The molecule has 2 aromatic carbocycles. The molecule has 0 amide bonds. The average molecular weight is 568 g/mol. The Morgan fingerprint density at radius 1 is 0.744 bits per heavy atom. The highest BCUT2D eigenvalue weighted by Crippen LogP contribution is 2.46. The SMILES string of the molecule is Cc1cc(C)n(-c2nc(/C=C3\N=C4C(=CC(c5ccc6ccccc6c5)=CN4C)C3(C)C)nc(-n3nc(C)cc3C)n2)n1.